The van der Waals surface area contributed by atoms with Gasteiger partial charge in [0.15, 0.2) is 6.17 Å². The smallest absolute Gasteiger partial charge is 0.266 e. The van der Waals surface area contributed by atoms with Crippen molar-refractivity contribution in [3.63, 3.8) is 0 Å². The van der Waals surface area contributed by atoms with Gasteiger partial charge in [-0.25, -0.2) is 4.90 Å². The van der Waals surface area contributed by atoms with Crippen molar-refractivity contribution in [2.24, 2.45) is 5.10 Å². The molecule has 1 unspecified atom stereocenters. The average molecular weight is 299 g/mol. The fourth-order valence-corrected chi connectivity index (χ4v) is 1.51. The molecular weight excluding hydrogens is 290 g/mol. The average Bonchev–Trinajstić information content (AvgIpc) is 2.60. The molecule has 0 fully saturated rings. The molecule has 1 aliphatic heterocycles. The van der Waals surface area contributed by atoms with Crippen LogP contribution >= 0.6 is 0 Å². The summed E-state index contributed by atoms with van der Waals surface area (Å²) in [4.78, 5) is -1.05. The molecule has 0 aromatic rings. The van der Waals surface area contributed by atoms with Gasteiger partial charge in [-0.1, -0.05) is 6.92 Å². The summed E-state index contributed by atoms with van der Waals surface area (Å²) in [5, 5.41) is 3.05. The predicted octanol–water partition coefficient (Wildman–Crippen LogP) is 3.00. The first-order valence-corrected chi connectivity index (χ1v) is 5.03. The van der Waals surface area contributed by atoms with Crippen LogP contribution in [-0.2, 0) is 0 Å². The Hall–Kier alpha value is -1.29. The number of rotatable bonds is 3. The van der Waals surface area contributed by atoms with Gasteiger partial charge in [0.05, 0.1) is 0 Å². The normalized spacial score (nSPS) is 21.4. The summed E-state index contributed by atoms with van der Waals surface area (Å²) in [6.45, 7) is 0.952. The Morgan fingerprint density at radius 2 is 1.58 bits per heavy atom. The molecule has 0 aromatic carbocycles. The molecule has 112 valence electrons. The lowest BCUT2D eigenvalue weighted by molar-refractivity contribution is -0.340. The van der Waals surface area contributed by atoms with Gasteiger partial charge in [0, 0.05) is 6.54 Å². The number of hydrazone groups is 1. The second-order valence-electron chi connectivity index (χ2n) is 3.76. The summed E-state index contributed by atoms with van der Waals surface area (Å²) in [7, 11) is 0. The zero-order chi connectivity index (χ0) is 15.1. The van der Waals surface area contributed by atoms with Gasteiger partial charge in [0.25, 0.3) is 0 Å². The fourth-order valence-electron chi connectivity index (χ4n) is 1.51. The van der Waals surface area contributed by atoms with Crippen molar-refractivity contribution in [1.29, 1.82) is 0 Å². The first-order valence-electron chi connectivity index (χ1n) is 5.03. The van der Waals surface area contributed by atoms with Crippen LogP contribution in [0.25, 0.3) is 0 Å². The quantitative estimate of drug-likeness (QED) is 0.589. The number of hydrogen-bond acceptors (Lipinski definition) is 3. The van der Waals surface area contributed by atoms with Crippen molar-refractivity contribution in [1.82, 2.24) is 9.91 Å². The zero-order valence-corrected chi connectivity index (χ0v) is 9.43. The third-order valence-electron chi connectivity index (χ3n) is 2.32. The third-order valence-corrected chi connectivity index (χ3v) is 2.32. The highest BCUT2D eigenvalue weighted by molar-refractivity contribution is 5.58. The second-order valence-corrected chi connectivity index (χ2v) is 3.76. The summed E-state index contributed by atoms with van der Waals surface area (Å²) in [6.07, 6.45) is -14.8. The minimum Gasteiger partial charge on any atom is -0.266 e. The number of alkyl halides is 8. The molecule has 1 heterocycles. The van der Waals surface area contributed by atoms with Gasteiger partial charge in [-0.05, 0) is 6.42 Å². The van der Waals surface area contributed by atoms with Crippen molar-refractivity contribution >= 4 is 6.34 Å². The van der Waals surface area contributed by atoms with E-state index < -0.39 is 36.0 Å². The molecule has 0 aliphatic carbocycles. The van der Waals surface area contributed by atoms with Gasteiger partial charge in [-0.15, -0.1) is 13.2 Å². The molecule has 0 radical (unpaired) electrons. The Bertz CT molecular complexity index is 347. The summed E-state index contributed by atoms with van der Waals surface area (Å²) >= 11 is 0. The zero-order valence-electron chi connectivity index (χ0n) is 9.43. The molecule has 0 aromatic heterocycles. The summed E-state index contributed by atoms with van der Waals surface area (Å²) < 4.78 is 100. The first-order chi connectivity index (χ1) is 8.43. The van der Waals surface area contributed by atoms with Crippen LogP contribution in [-0.4, -0.2) is 47.4 Å². The Balaban J connectivity index is 3.15. The van der Waals surface area contributed by atoms with Gasteiger partial charge in [-0.3, -0.25) is 5.01 Å². The second kappa shape index (κ2) is 4.67. The van der Waals surface area contributed by atoms with E-state index in [1.165, 1.54) is 6.92 Å². The van der Waals surface area contributed by atoms with E-state index in [1.807, 2.05) is 0 Å². The molecule has 0 N–H and O–H groups in total. The molecular formula is C8H9F8N3. The van der Waals surface area contributed by atoms with Crippen molar-refractivity contribution < 1.29 is 35.1 Å². The molecule has 0 spiro atoms. The molecule has 0 saturated carbocycles. The fraction of sp³-hybridized carbons (Fsp3) is 0.875. The number of nitrogens with zero attached hydrogens (tertiary/aromatic N) is 3. The van der Waals surface area contributed by atoms with Crippen molar-refractivity contribution in [3.8, 4) is 0 Å². The van der Waals surface area contributed by atoms with E-state index in [1.54, 1.807) is 0 Å². The van der Waals surface area contributed by atoms with E-state index >= 15 is 0 Å². The molecule has 0 amide bonds. The Morgan fingerprint density at radius 1 is 1.05 bits per heavy atom. The van der Waals surface area contributed by atoms with Gasteiger partial charge >= 0.3 is 18.4 Å². The maximum atomic E-state index is 13.2. The molecule has 1 atom stereocenters. The maximum Gasteiger partial charge on any atom is 0.487 e. The maximum absolute atomic E-state index is 13.2. The lowest BCUT2D eigenvalue weighted by Crippen LogP contribution is -2.61. The Labute approximate surface area is 102 Å². The summed E-state index contributed by atoms with van der Waals surface area (Å²) in [6, 6.07) is 0. The highest BCUT2D eigenvalue weighted by atomic mass is 19.4. The van der Waals surface area contributed by atoms with Crippen LogP contribution in [0.4, 0.5) is 35.1 Å². The van der Waals surface area contributed by atoms with Gasteiger partial charge in [0.1, 0.15) is 6.34 Å². The minimum atomic E-state index is -6.11. The van der Waals surface area contributed by atoms with Crippen molar-refractivity contribution in [2.45, 2.75) is 37.9 Å². The molecule has 19 heavy (non-hydrogen) atoms. The lowest BCUT2D eigenvalue weighted by atomic mass is 10.2. The SMILES string of the molecule is CCCN1N=CN(C(F)(F)F)C1C(F)(F)C(F)(F)F. The van der Waals surface area contributed by atoms with Gasteiger partial charge in [-0.2, -0.15) is 27.1 Å². The largest absolute Gasteiger partial charge is 0.487 e. The third kappa shape index (κ3) is 2.84. The Morgan fingerprint density at radius 3 is 1.95 bits per heavy atom. The van der Waals surface area contributed by atoms with Gasteiger partial charge < -0.3 is 0 Å². The van der Waals surface area contributed by atoms with E-state index in [4.69, 9.17) is 0 Å². The number of halogens is 8. The van der Waals surface area contributed by atoms with Crippen LogP contribution in [0.1, 0.15) is 13.3 Å². The molecule has 11 heteroatoms. The Kier molecular flexibility index (Phi) is 3.88. The molecule has 3 nitrogen and oxygen atoms in total. The highest BCUT2D eigenvalue weighted by Crippen LogP contribution is 2.44. The van der Waals surface area contributed by atoms with Crippen LogP contribution in [0.2, 0.25) is 0 Å². The minimum absolute atomic E-state index is 0.0630. The van der Waals surface area contributed by atoms with E-state index in [9.17, 15) is 35.1 Å². The molecule has 1 rings (SSSR count). The summed E-state index contributed by atoms with van der Waals surface area (Å²) in [5.41, 5.74) is 0. The molecule has 1 aliphatic rings. The highest BCUT2D eigenvalue weighted by Gasteiger charge is 2.69. The van der Waals surface area contributed by atoms with Crippen LogP contribution < -0.4 is 0 Å². The van der Waals surface area contributed by atoms with Crippen molar-refractivity contribution in [3.05, 3.63) is 0 Å². The van der Waals surface area contributed by atoms with E-state index in [0.717, 1.165) is 0 Å². The molecule has 0 bridgehead atoms. The lowest BCUT2D eigenvalue weighted by Gasteiger charge is -2.37. The van der Waals surface area contributed by atoms with Crippen molar-refractivity contribution in [2.75, 3.05) is 6.54 Å². The van der Waals surface area contributed by atoms with Crippen LogP contribution in [0.15, 0.2) is 5.10 Å². The van der Waals surface area contributed by atoms with E-state index in [-0.39, 0.29) is 17.8 Å². The van der Waals surface area contributed by atoms with Crippen LogP contribution in [0, 0.1) is 0 Å². The van der Waals surface area contributed by atoms with E-state index in [2.05, 4.69) is 5.10 Å². The summed E-state index contributed by atoms with van der Waals surface area (Å²) in [5.74, 6) is -5.58. The monoisotopic (exact) mass is 299 g/mol. The molecule has 0 saturated heterocycles. The van der Waals surface area contributed by atoms with Crippen LogP contribution in [0.3, 0.4) is 0 Å². The van der Waals surface area contributed by atoms with E-state index in [0.29, 0.717) is 0 Å². The van der Waals surface area contributed by atoms with Gasteiger partial charge in [0.2, 0.25) is 0 Å². The van der Waals surface area contributed by atoms with Crippen LogP contribution in [0.5, 0.6) is 0 Å². The predicted molar refractivity (Wildman–Crippen MR) is 48.2 cm³/mol. The standard InChI is InChI=1S/C8H9F8N3/c1-2-3-19-5(6(9,10)7(11,12)13)18(4-17-19)8(14,15)16/h4-5H,2-3H2,1H3. The topological polar surface area (TPSA) is 18.8 Å². The number of hydrogen-bond donors (Lipinski definition) is 0. The first kappa shape index (κ1) is 15.8.